The molecule has 0 spiro atoms. The number of carbonyl (C=O) groups excluding carboxylic acids is 1. The summed E-state index contributed by atoms with van der Waals surface area (Å²) in [5, 5.41) is 8.25. The van der Waals surface area contributed by atoms with E-state index in [0.29, 0.717) is 11.8 Å². The lowest BCUT2D eigenvalue weighted by atomic mass is 9.76. The molecule has 1 amide bonds. The zero-order valence-corrected chi connectivity index (χ0v) is 17.1. The number of piperidine rings is 2. The molecule has 160 valence electrons. The lowest BCUT2D eigenvalue weighted by Crippen LogP contribution is -2.61. The van der Waals surface area contributed by atoms with Crippen LogP contribution >= 0.6 is 0 Å². The Labute approximate surface area is 167 Å². The molecule has 6 unspecified atom stereocenters. The number of alkyl halides is 1. The lowest BCUT2D eigenvalue weighted by molar-refractivity contribution is -0.128. The van der Waals surface area contributed by atoms with Crippen molar-refractivity contribution in [1.82, 2.24) is 30.9 Å². The van der Waals surface area contributed by atoms with Gasteiger partial charge in [-0.3, -0.25) is 10.1 Å². The number of likely N-dealkylation sites (N-methyl/N-ethyl adjacent to an activating group) is 1. The van der Waals surface area contributed by atoms with Gasteiger partial charge in [-0.2, -0.15) is 0 Å². The molecule has 28 heavy (non-hydrogen) atoms. The van der Waals surface area contributed by atoms with Crippen molar-refractivity contribution in [3.8, 4) is 0 Å². The van der Waals surface area contributed by atoms with Gasteiger partial charge in [-0.15, -0.1) is 0 Å². The topological polar surface area (TPSA) is 88.9 Å². The van der Waals surface area contributed by atoms with E-state index in [2.05, 4.69) is 40.0 Å². The fraction of sp³-hybridized carbons (Fsp3) is 0.947. The van der Waals surface area contributed by atoms with Gasteiger partial charge in [-0.05, 0) is 64.8 Å². The molecule has 4 aliphatic rings. The lowest BCUT2D eigenvalue weighted by Gasteiger charge is -2.44. The number of hydrazine groups is 1. The van der Waals surface area contributed by atoms with Gasteiger partial charge < -0.3 is 20.9 Å². The summed E-state index contributed by atoms with van der Waals surface area (Å²) < 4.78 is 13.7. The summed E-state index contributed by atoms with van der Waals surface area (Å²) in [6.45, 7) is 4.78. The summed E-state index contributed by atoms with van der Waals surface area (Å²) in [4.78, 5) is 17.9. The van der Waals surface area contributed by atoms with Crippen LogP contribution in [0.25, 0.3) is 0 Å². The molecule has 4 heterocycles. The highest BCUT2D eigenvalue weighted by molar-refractivity contribution is 5.80. The second-order valence-corrected chi connectivity index (χ2v) is 9.25. The Bertz CT molecular complexity index is 558. The van der Waals surface area contributed by atoms with E-state index in [4.69, 9.17) is 5.73 Å². The number of rotatable bonds is 3. The summed E-state index contributed by atoms with van der Waals surface area (Å²) in [5.41, 5.74) is 9.29. The number of likely N-dealkylation sites (tertiary alicyclic amines) is 2. The highest BCUT2D eigenvalue weighted by Crippen LogP contribution is 2.33. The van der Waals surface area contributed by atoms with Crippen molar-refractivity contribution >= 4 is 5.91 Å². The molecule has 4 rings (SSSR count). The minimum Gasteiger partial charge on any atom is -0.351 e. The van der Waals surface area contributed by atoms with Gasteiger partial charge in [0.05, 0.1) is 18.2 Å². The second-order valence-electron chi connectivity index (χ2n) is 9.25. The molecule has 4 saturated heterocycles. The minimum atomic E-state index is -0.946. The molecule has 4 aliphatic heterocycles. The maximum absolute atomic E-state index is 13.7. The molecular formula is C19H36FN7O. The largest absolute Gasteiger partial charge is 0.351 e. The van der Waals surface area contributed by atoms with E-state index in [0.717, 1.165) is 32.6 Å². The first kappa shape index (κ1) is 20.4. The van der Waals surface area contributed by atoms with Gasteiger partial charge in [-0.1, -0.05) is 0 Å². The quantitative estimate of drug-likeness (QED) is 0.473. The third-order valence-electron chi connectivity index (χ3n) is 7.19. The molecule has 0 bridgehead atoms. The molecule has 0 aromatic carbocycles. The molecular weight excluding hydrogens is 361 g/mol. The first-order valence-corrected chi connectivity index (χ1v) is 10.8. The second kappa shape index (κ2) is 8.49. The molecule has 0 aromatic heterocycles. The number of fused-ring (bicyclic) bond motifs is 1. The fourth-order valence-corrected chi connectivity index (χ4v) is 5.56. The van der Waals surface area contributed by atoms with Crippen molar-refractivity contribution in [3.63, 3.8) is 0 Å². The molecule has 4 fully saturated rings. The van der Waals surface area contributed by atoms with Gasteiger partial charge in [0, 0.05) is 25.7 Å². The van der Waals surface area contributed by atoms with Gasteiger partial charge in [0.15, 0.2) is 0 Å². The van der Waals surface area contributed by atoms with Crippen LogP contribution in [0.15, 0.2) is 0 Å². The van der Waals surface area contributed by atoms with E-state index >= 15 is 0 Å². The van der Waals surface area contributed by atoms with Crippen LogP contribution in [0.2, 0.25) is 0 Å². The highest BCUT2D eigenvalue weighted by Gasteiger charge is 2.48. The Morgan fingerprint density at radius 3 is 2.57 bits per heavy atom. The molecule has 6 atom stereocenters. The zero-order chi connectivity index (χ0) is 19.8. The predicted octanol–water partition coefficient (Wildman–Crippen LogP) is -1.25. The van der Waals surface area contributed by atoms with E-state index < -0.39 is 18.3 Å². The molecule has 5 N–H and O–H groups in total. The standard InChI is InChI=1S/C19H36FN7O/c1-25-6-3-12(4-7-25)14-5-8-26(2)11-15(14)23-19(28)16-17(21)24-27-10-13(20)9-22-18(16)27/h12-18,22,24H,3-11,21H2,1-2H3,(H,23,28). The van der Waals surface area contributed by atoms with Crippen molar-refractivity contribution in [3.05, 3.63) is 0 Å². The zero-order valence-electron chi connectivity index (χ0n) is 17.1. The van der Waals surface area contributed by atoms with Gasteiger partial charge in [0.1, 0.15) is 6.17 Å². The van der Waals surface area contributed by atoms with Crippen LogP contribution in [0.3, 0.4) is 0 Å². The van der Waals surface area contributed by atoms with E-state index in [1.54, 1.807) is 5.01 Å². The summed E-state index contributed by atoms with van der Waals surface area (Å²) in [6, 6.07) is 0.151. The maximum atomic E-state index is 13.7. The van der Waals surface area contributed by atoms with E-state index in [1.807, 2.05) is 0 Å². The van der Waals surface area contributed by atoms with Crippen LogP contribution in [0.1, 0.15) is 19.3 Å². The van der Waals surface area contributed by atoms with Crippen LogP contribution in [0.5, 0.6) is 0 Å². The minimum absolute atomic E-state index is 0.0180. The highest BCUT2D eigenvalue weighted by atomic mass is 19.1. The average molecular weight is 398 g/mol. The van der Waals surface area contributed by atoms with Crippen molar-refractivity contribution in [1.29, 1.82) is 0 Å². The van der Waals surface area contributed by atoms with Gasteiger partial charge >= 0.3 is 0 Å². The monoisotopic (exact) mass is 397 g/mol. The molecule has 0 aliphatic carbocycles. The number of hydrogen-bond acceptors (Lipinski definition) is 7. The van der Waals surface area contributed by atoms with Crippen LogP contribution in [-0.2, 0) is 4.79 Å². The first-order chi connectivity index (χ1) is 13.4. The smallest absolute Gasteiger partial charge is 0.229 e. The molecule has 0 saturated carbocycles. The number of carbonyl (C=O) groups is 1. The number of nitrogens with two attached hydrogens (primary N) is 1. The van der Waals surface area contributed by atoms with Crippen molar-refractivity contribution in [2.45, 2.75) is 43.8 Å². The summed E-state index contributed by atoms with van der Waals surface area (Å²) >= 11 is 0. The summed E-state index contributed by atoms with van der Waals surface area (Å²) in [5.74, 6) is 0.751. The van der Waals surface area contributed by atoms with Crippen LogP contribution in [-0.4, -0.2) is 98.6 Å². The first-order valence-electron chi connectivity index (χ1n) is 10.8. The molecule has 0 aromatic rings. The Balaban J connectivity index is 1.42. The van der Waals surface area contributed by atoms with E-state index in [9.17, 15) is 9.18 Å². The van der Waals surface area contributed by atoms with Gasteiger partial charge in [0.25, 0.3) is 0 Å². The molecule has 9 heteroatoms. The third-order valence-corrected chi connectivity index (χ3v) is 7.19. The third kappa shape index (κ3) is 4.20. The number of amides is 1. The fourth-order valence-electron chi connectivity index (χ4n) is 5.56. The predicted molar refractivity (Wildman–Crippen MR) is 106 cm³/mol. The van der Waals surface area contributed by atoms with Crippen molar-refractivity contribution in [2.24, 2.45) is 23.5 Å². The molecule has 0 radical (unpaired) electrons. The summed E-state index contributed by atoms with van der Waals surface area (Å²) in [6.07, 6.45) is 1.85. The Hall–Kier alpha value is -0.840. The van der Waals surface area contributed by atoms with E-state index in [-0.39, 0.29) is 31.2 Å². The normalized spacial score (nSPS) is 41.7. The SMILES string of the molecule is CN1CCC(C2CCN(C)CC2NC(=O)C2C(N)NN3CC(F)CNC23)CC1. The van der Waals surface area contributed by atoms with Gasteiger partial charge in [-0.25, -0.2) is 14.8 Å². The van der Waals surface area contributed by atoms with Crippen LogP contribution in [0, 0.1) is 17.8 Å². The molecule has 8 nitrogen and oxygen atoms in total. The number of nitrogens with one attached hydrogen (secondary N) is 3. The summed E-state index contributed by atoms with van der Waals surface area (Å²) in [7, 11) is 4.31. The average Bonchev–Trinajstić information content (AvgIpc) is 2.97. The van der Waals surface area contributed by atoms with Crippen molar-refractivity contribution in [2.75, 3.05) is 53.4 Å². The van der Waals surface area contributed by atoms with Crippen molar-refractivity contribution < 1.29 is 9.18 Å². The Morgan fingerprint density at radius 1 is 1.11 bits per heavy atom. The number of halogens is 1. The van der Waals surface area contributed by atoms with E-state index in [1.165, 1.54) is 12.8 Å². The Kier molecular flexibility index (Phi) is 6.20. The van der Waals surface area contributed by atoms with Gasteiger partial charge in [0.2, 0.25) is 5.91 Å². The van der Waals surface area contributed by atoms with Crippen LogP contribution < -0.4 is 21.8 Å². The maximum Gasteiger partial charge on any atom is 0.229 e. The Morgan fingerprint density at radius 2 is 1.82 bits per heavy atom. The number of hydrogen-bond donors (Lipinski definition) is 4. The van der Waals surface area contributed by atoms with Crippen LogP contribution in [0.4, 0.5) is 4.39 Å². The number of nitrogens with zero attached hydrogens (tertiary/aromatic N) is 3.